The van der Waals surface area contributed by atoms with Gasteiger partial charge in [-0.25, -0.2) is 0 Å². The molecule has 0 spiro atoms. The van der Waals surface area contributed by atoms with Crippen molar-refractivity contribution in [1.82, 2.24) is 0 Å². The molecule has 5 rings (SSSR count). The molecule has 5 atom stereocenters. The number of carbonyl (C=O) groups excluding carboxylic acids is 4. The van der Waals surface area contributed by atoms with Crippen molar-refractivity contribution in [2.45, 2.75) is 96.2 Å². The van der Waals surface area contributed by atoms with Crippen molar-refractivity contribution < 1.29 is 47.6 Å². The van der Waals surface area contributed by atoms with Gasteiger partial charge in [-0.2, -0.15) is 0 Å². The highest BCUT2D eigenvalue weighted by atomic mass is 35.5. The molecule has 11 heteroatoms. The van der Waals surface area contributed by atoms with Crippen LogP contribution >= 0.6 is 11.6 Å². The van der Waals surface area contributed by atoms with E-state index in [0.717, 1.165) is 16.7 Å². The van der Waals surface area contributed by atoms with Crippen molar-refractivity contribution in [2.75, 3.05) is 13.2 Å². The monoisotopic (exact) mass is 628 g/mol. The maximum atomic E-state index is 12.4. The van der Waals surface area contributed by atoms with Gasteiger partial charge >= 0.3 is 23.9 Å². The molecule has 0 aromatic heterocycles. The number of esters is 4. The lowest BCUT2D eigenvalue weighted by Gasteiger charge is -2.45. The Balaban J connectivity index is 1.60. The Kier molecular flexibility index (Phi) is 9.80. The van der Waals surface area contributed by atoms with E-state index in [4.69, 9.17) is 40.0 Å². The lowest BCUT2D eigenvalue weighted by molar-refractivity contribution is -0.254. The van der Waals surface area contributed by atoms with Gasteiger partial charge in [0.2, 0.25) is 0 Å². The normalized spacial score (nSPS) is 24.3. The maximum Gasteiger partial charge on any atom is 0.303 e. The van der Waals surface area contributed by atoms with Crippen LogP contribution in [-0.2, 0) is 55.7 Å². The molecule has 0 radical (unpaired) electrons. The van der Waals surface area contributed by atoms with Gasteiger partial charge in [-0.05, 0) is 60.3 Å². The lowest BCUT2D eigenvalue weighted by atomic mass is 9.85. The van der Waals surface area contributed by atoms with Gasteiger partial charge in [-0.15, -0.1) is 0 Å². The summed E-state index contributed by atoms with van der Waals surface area (Å²) in [6.07, 6.45) is -1.55. The molecule has 2 aromatic carbocycles. The quantitative estimate of drug-likeness (QED) is 0.279. The second kappa shape index (κ2) is 13.6. The molecule has 0 unspecified atom stereocenters. The van der Waals surface area contributed by atoms with E-state index in [0.29, 0.717) is 48.1 Å². The maximum absolute atomic E-state index is 12.4. The van der Waals surface area contributed by atoms with Gasteiger partial charge < -0.3 is 28.4 Å². The third kappa shape index (κ3) is 7.35. The second-order valence-electron chi connectivity index (χ2n) is 11.5. The van der Waals surface area contributed by atoms with Crippen molar-refractivity contribution in [3.63, 3.8) is 0 Å². The number of rotatable bonds is 9. The van der Waals surface area contributed by atoms with Crippen LogP contribution in [0.25, 0.3) is 0 Å². The SMILES string of the molecule is CC(=O)OC[C@H]1O[C@@H](c2cc(Cc3ccc(C4CC4)cc3)c(Cl)c3c2CCCO3)[C@H](OC(C)=O)[C@@H](OC(C)=O)[C@@H]1OC(C)=O. The number of hydrogen-bond donors (Lipinski definition) is 0. The van der Waals surface area contributed by atoms with Gasteiger partial charge in [-0.1, -0.05) is 41.9 Å². The van der Waals surface area contributed by atoms with Gasteiger partial charge in [0.1, 0.15) is 24.6 Å². The predicted molar refractivity (Wildman–Crippen MR) is 157 cm³/mol. The lowest BCUT2D eigenvalue weighted by Crippen LogP contribution is -2.59. The number of carbonyl (C=O) groups is 4. The van der Waals surface area contributed by atoms with Gasteiger partial charge in [0.05, 0.1) is 11.6 Å². The van der Waals surface area contributed by atoms with Crippen LogP contribution in [0.15, 0.2) is 30.3 Å². The zero-order chi connectivity index (χ0) is 31.5. The minimum atomic E-state index is -1.27. The Morgan fingerprint density at radius 2 is 1.50 bits per heavy atom. The third-order valence-corrected chi connectivity index (χ3v) is 8.39. The van der Waals surface area contributed by atoms with E-state index in [-0.39, 0.29) is 6.61 Å². The van der Waals surface area contributed by atoms with E-state index in [9.17, 15) is 19.2 Å². The molecule has 1 aliphatic carbocycles. The highest BCUT2D eigenvalue weighted by Gasteiger charge is 2.53. The number of hydrogen-bond acceptors (Lipinski definition) is 10. The summed E-state index contributed by atoms with van der Waals surface area (Å²) in [5, 5.41) is 0.486. The van der Waals surface area contributed by atoms with E-state index in [2.05, 4.69) is 24.3 Å². The van der Waals surface area contributed by atoms with Crippen LogP contribution in [0.5, 0.6) is 5.75 Å². The first-order valence-electron chi connectivity index (χ1n) is 14.9. The third-order valence-electron chi connectivity index (χ3n) is 7.97. The minimum absolute atomic E-state index is 0.305. The fourth-order valence-corrected chi connectivity index (χ4v) is 6.27. The first-order valence-corrected chi connectivity index (χ1v) is 15.3. The molecule has 2 aromatic rings. The molecule has 2 aliphatic heterocycles. The molecule has 44 heavy (non-hydrogen) atoms. The summed E-state index contributed by atoms with van der Waals surface area (Å²) in [6, 6.07) is 10.4. The molecule has 1 saturated carbocycles. The summed E-state index contributed by atoms with van der Waals surface area (Å²) in [5.41, 5.74) is 4.56. The molecule has 10 nitrogen and oxygen atoms in total. The summed E-state index contributed by atoms with van der Waals surface area (Å²) in [7, 11) is 0. The van der Waals surface area contributed by atoms with Crippen molar-refractivity contribution >= 4 is 35.5 Å². The van der Waals surface area contributed by atoms with Gasteiger partial charge in [0.25, 0.3) is 0 Å². The van der Waals surface area contributed by atoms with Crippen molar-refractivity contribution in [1.29, 1.82) is 0 Å². The van der Waals surface area contributed by atoms with E-state index < -0.39 is 54.4 Å². The fraction of sp³-hybridized carbons (Fsp3) is 0.515. The molecule has 0 amide bonds. The summed E-state index contributed by atoms with van der Waals surface area (Å²) in [4.78, 5) is 48.7. The van der Waals surface area contributed by atoms with Crippen molar-refractivity contribution in [3.05, 3.63) is 63.2 Å². The van der Waals surface area contributed by atoms with Crippen LogP contribution in [-0.4, -0.2) is 61.5 Å². The number of ether oxygens (including phenoxy) is 6. The summed E-state index contributed by atoms with van der Waals surface area (Å²) >= 11 is 6.96. The van der Waals surface area contributed by atoms with Gasteiger partial charge in [0.15, 0.2) is 18.3 Å². The Labute approximate surface area is 261 Å². The largest absolute Gasteiger partial charge is 0.492 e. The van der Waals surface area contributed by atoms with E-state index in [1.165, 1.54) is 46.1 Å². The van der Waals surface area contributed by atoms with Gasteiger partial charge in [-0.3, -0.25) is 19.2 Å². The molecule has 236 valence electrons. The van der Waals surface area contributed by atoms with Crippen LogP contribution in [0, 0.1) is 0 Å². The Morgan fingerprint density at radius 1 is 0.864 bits per heavy atom. The smallest absolute Gasteiger partial charge is 0.303 e. The zero-order valence-corrected chi connectivity index (χ0v) is 26.0. The van der Waals surface area contributed by atoms with Gasteiger partial charge in [0, 0.05) is 33.3 Å². The Hall–Kier alpha value is -3.63. The van der Waals surface area contributed by atoms with Crippen LogP contribution in [0.4, 0.5) is 0 Å². The average Bonchev–Trinajstić information content (AvgIpc) is 3.81. The first kappa shape index (κ1) is 31.8. The summed E-state index contributed by atoms with van der Waals surface area (Å²) < 4.78 is 34.8. The van der Waals surface area contributed by atoms with Crippen LogP contribution in [0.2, 0.25) is 5.02 Å². The molecule has 0 N–H and O–H groups in total. The van der Waals surface area contributed by atoms with E-state index in [1.807, 2.05) is 6.07 Å². The minimum Gasteiger partial charge on any atom is -0.492 e. The topological polar surface area (TPSA) is 124 Å². The Bertz CT molecular complexity index is 1420. The highest BCUT2D eigenvalue weighted by molar-refractivity contribution is 6.33. The molecule has 2 fully saturated rings. The predicted octanol–water partition coefficient (Wildman–Crippen LogP) is 4.93. The number of benzene rings is 2. The second-order valence-corrected chi connectivity index (χ2v) is 11.9. The Morgan fingerprint density at radius 3 is 2.11 bits per heavy atom. The molecule has 1 saturated heterocycles. The zero-order valence-electron chi connectivity index (χ0n) is 25.3. The number of fused-ring (bicyclic) bond motifs is 1. The first-order chi connectivity index (χ1) is 21.0. The van der Waals surface area contributed by atoms with E-state index in [1.54, 1.807) is 0 Å². The standard InChI is InChI=1S/C33H37ClO10/c1-17(35)40-16-27-31(41-18(2)36)33(43-20(4)38)32(42-19(3)37)30(44-27)26-15-24(28(34)29-25(26)6-5-13-39-29)14-21-7-9-22(10-8-21)23-11-12-23/h7-10,15,23,27,30-33H,5-6,11-14,16H2,1-4H3/t27-,30+,31-,32+,33+/m1/s1. The summed E-state index contributed by atoms with van der Waals surface area (Å²) in [5.74, 6) is -1.45. The van der Waals surface area contributed by atoms with Crippen molar-refractivity contribution in [3.8, 4) is 5.75 Å². The summed E-state index contributed by atoms with van der Waals surface area (Å²) in [6.45, 7) is 5.03. The van der Waals surface area contributed by atoms with Crippen LogP contribution in [0.1, 0.15) is 86.8 Å². The molecule has 0 bridgehead atoms. The molecule has 3 aliphatic rings. The van der Waals surface area contributed by atoms with E-state index >= 15 is 0 Å². The molecule has 2 heterocycles. The molecular weight excluding hydrogens is 592 g/mol. The average molecular weight is 629 g/mol. The van der Waals surface area contributed by atoms with Crippen LogP contribution < -0.4 is 4.74 Å². The van der Waals surface area contributed by atoms with Crippen molar-refractivity contribution in [2.24, 2.45) is 0 Å². The van der Waals surface area contributed by atoms with Crippen LogP contribution in [0.3, 0.4) is 0 Å². The number of halogens is 1. The fourth-order valence-electron chi connectivity index (χ4n) is 5.98. The molecular formula is C33H37ClO10. The highest BCUT2D eigenvalue weighted by Crippen LogP contribution is 2.46.